The zero-order valence-electron chi connectivity index (χ0n) is 13.9. The van der Waals surface area contributed by atoms with E-state index in [1.165, 1.54) is 6.33 Å². The quantitative estimate of drug-likeness (QED) is 0.876. The summed E-state index contributed by atoms with van der Waals surface area (Å²) in [5.74, 6) is 1.61. The van der Waals surface area contributed by atoms with Gasteiger partial charge in [-0.05, 0) is 39.5 Å². The molecule has 0 spiro atoms. The molecule has 24 heavy (non-hydrogen) atoms. The molecule has 0 radical (unpaired) electrons. The van der Waals surface area contributed by atoms with Crippen molar-refractivity contribution in [3.05, 3.63) is 17.6 Å². The van der Waals surface area contributed by atoms with Crippen LogP contribution in [0.5, 0.6) is 0 Å². The van der Waals surface area contributed by atoms with E-state index in [2.05, 4.69) is 24.7 Å². The fraction of sp³-hybridized carbons (Fsp3) is 0.667. The Labute approximate surface area is 141 Å². The third-order valence-electron chi connectivity index (χ3n) is 4.96. The fourth-order valence-electron chi connectivity index (χ4n) is 3.30. The van der Waals surface area contributed by atoms with E-state index in [-0.39, 0.29) is 11.3 Å². The van der Waals surface area contributed by atoms with E-state index in [1.54, 1.807) is 4.52 Å². The molecule has 0 aromatic carbocycles. The van der Waals surface area contributed by atoms with Crippen LogP contribution in [0.1, 0.15) is 36.9 Å². The Bertz CT molecular complexity index is 865. The van der Waals surface area contributed by atoms with Crippen molar-refractivity contribution in [3.8, 4) is 0 Å². The van der Waals surface area contributed by atoms with Gasteiger partial charge in [0.25, 0.3) is 5.78 Å². The second-order valence-electron chi connectivity index (χ2n) is 6.74. The third kappa shape index (κ3) is 2.75. The van der Waals surface area contributed by atoms with Crippen molar-refractivity contribution in [2.75, 3.05) is 18.0 Å². The summed E-state index contributed by atoms with van der Waals surface area (Å²) in [5, 5.41) is 4.14. The van der Waals surface area contributed by atoms with Crippen molar-refractivity contribution < 1.29 is 8.42 Å². The van der Waals surface area contributed by atoms with E-state index in [4.69, 9.17) is 0 Å². The predicted molar refractivity (Wildman–Crippen MR) is 90.6 cm³/mol. The van der Waals surface area contributed by atoms with Gasteiger partial charge in [0.15, 0.2) is 0 Å². The van der Waals surface area contributed by atoms with E-state index in [9.17, 15) is 8.42 Å². The minimum Gasteiger partial charge on any atom is -0.356 e. The third-order valence-corrected chi connectivity index (χ3v) is 6.98. The summed E-state index contributed by atoms with van der Waals surface area (Å²) >= 11 is 0. The molecule has 2 aromatic rings. The molecule has 4 rings (SSSR count). The van der Waals surface area contributed by atoms with Gasteiger partial charge in [-0.15, -0.1) is 0 Å². The summed E-state index contributed by atoms with van der Waals surface area (Å²) in [5.41, 5.74) is 2.03. The van der Waals surface area contributed by atoms with Crippen molar-refractivity contribution in [1.29, 1.82) is 0 Å². The Morgan fingerprint density at radius 3 is 2.54 bits per heavy atom. The Morgan fingerprint density at radius 1 is 1.17 bits per heavy atom. The lowest BCUT2D eigenvalue weighted by molar-refractivity contribution is 0.456. The Morgan fingerprint density at radius 2 is 1.88 bits per heavy atom. The van der Waals surface area contributed by atoms with Gasteiger partial charge in [-0.1, -0.05) is 0 Å². The van der Waals surface area contributed by atoms with E-state index in [1.807, 2.05) is 13.8 Å². The van der Waals surface area contributed by atoms with Crippen LogP contribution in [-0.2, 0) is 10.0 Å². The van der Waals surface area contributed by atoms with Gasteiger partial charge in [-0.25, -0.2) is 18.1 Å². The first-order chi connectivity index (χ1) is 11.5. The average molecular weight is 350 g/mol. The molecule has 1 N–H and O–H groups in total. The van der Waals surface area contributed by atoms with Gasteiger partial charge in [-0.3, -0.25) is 0 Å². The number of nitrogens with one attached hydrogen (secondary N) is 1. The van der Waals surface area contributed by atoms with Gasteiger partial charge in [-0.2, -0.15) is 14.6 Å². The van der Waals surface area contributed by atoms with Crippen molar-refractivity contribution in [2.45, 2.75) is 50.8 Å². The van der Waals surface area contributed by atoms with Crippen LogP contribution >= 0.6 is 0 Å². The van der Waals surface area contributed by atoms with Crippen LogP contribution in [0.4, 0.5) is 5.82 Å². The highest BCUT2D eigenvalue weighted by molar-refractivity contribution is 7.90. The lowest BCUT2D eigenvalue weighted by Crippen LogP contribution is -2.46. The molecule has 0 bridgehead atoms. The molecular weight excluding hydrogens is 328 g/mol. The predicted octanol–water partition coefficient (Wildman–Crippen LogP) is 0.792. The number of piperidine rings is 1. The smallest absolute Gasteiger partial charge is 0.254 e. The maximum atomic E-state index is 12.1. The van der Waals surface area contributed by atoms with Crippen LogP contribution in [0.15, 0.2) is 6.33 Å². The summed E-state index contributed by atoms with van der Waals surface area (Å²) in [7, 11) is -3.12. The monoisotopic (exact) mass is 350 g/mol. The second kappa shape index (κ2) is 5.66. The highest BCUT2D eigenvalue weighted by atomic mass is 32.2. The van der Waals surface area contributed by atoms with Gasteiger partial charge in [0.2, 0.25) is 10.0 Å². The highest BCUT2D eigenvalue weighted by Crippen LogP contribution is 2.29. The number of aromatic nitrogens is 4. The van der Waals surface area contributed by atoms with E-state index in [0.29, 0.717) is 5.78 Å². The van der Waals surface area contributed by atoms with Crippen LogP contribution < -0.4 is 9.62 Å². The van der Waals surface area contributed by atoms with E-state index >= 15 is 0 Å². The van der Waals surface area contributed by atoms with Gasteiger partial charge in [0.1, 0.15) is 12.1 Å². The van der Waals surface area contributed by atoms with Crippen LogP contribution in [-0.4, -0.2) is 52.4 Å². The molecule has 1 aliphatic carbocycles. The van der Waals surface area contributed by atoms with E-state index in [0.717, 1.165) is 55.8 Å². The van der Waals surface area contributed by atoms with Crippen molar-refractivity contribution >= 4 is 21.6 Å². The standard InChI is InChI=1S/C15H22N6O2S/c1-10-11(2)18-15-16-9-17-21(15)14(10)20-7-5-12(6-8-20)19-24(22,23)13-3-4-13/h9,12-13,19H,3-8H2,1-2H3. The molecule has 2 fully saturated rings. The number of nitrogens with zero attached hydrogens (tertiary/aromatic N) is 5. The SMILES string of the molecule is Cc1nc2ncnn2c(N2CCC(NS(=O)(=O)C3CC3)CC2)c1C. The molecule has 3 heterocycles. The Hall–Kier alpha value is -1.74. The topological polar surface area (TPSA) is 92.5 Å². The first-order valence-corrected chi connectivity index (χ1v) is 9.93. The lowest BCUT2D eigenvalue weighted by atomic mass is 10.1. The van der Waals surface area contributed by atoms with Crippen LogP contribution in [0.25, 0.3) is 5.78 Å². The normalized spacial score (nSPS) is 20.0. The van der Waals surface area contributed by atoms with Crippen LogP contribution in [0.3, 0.4) is 0 Å². The second-order valence-corrected chi connectivity index (χ2v) is 8.73. The molecule has 2 aromatic heterocycles. The van der Waals surface area contributed by atoms with Gasteiger partial charge in [0.05, 0.1) is 5.25 Å². The minimum absolute atomic E-state index is 0.0290. The zero-order chi connectivity index (χ0) is 16.9. The molecule has 1 saturated heterocycles. The number of hydrogen-bond acceptors (Lipinski definition) is 6. The van der Waals surface area contributed by atoms with Gasteiger partial charge < -0.3 is 4.90 Å². The summed E-state index contributed by atoms with van der Waals surface area (Å²) < 4.78 is 28.9. The van der Waals surface area contributed by atoms with Gasteiger partial charge >= 0.3 is 0 Å². The number of sulfonamides is 1. The van der Waals surface area contributed by atoms with E-state index < -0.39 is 10.0 Å². The molecule has 8 nitrogen and oxygen atoms in total. The first kappa shape index (κ1) is 15.8. The van der Waals surface area contributed by atoms with Gasteiger partial charge in [0, 0.05) is 30.4 Å². The number of rotatable bonds is 4. The molecule has 1 saturated carbocycles. The Balaban J connectivity index is 1.52. The lowest BCUT2D eigenvalue weighted by Gasteiger charge is -2.34. The average Bonchev–Trinajstić information content (AvgIpc) is 3.31. The number of hydrogen-bond donors (Lipinski definition) is 1. The molecule has 1 aliphatic heterocycles. The molecular formula is C15H22N6O2S. The molecule has 9 heteroatoms. The number of fused-ring (bicyclic) bond motifs is 1. The number of anilines is 1. The molecule has 0 atom stereocenters. The highest BCUT2D eigenvalue weighted by Gasteiger charge is 2.37. The van der Waals surface area contributed by atoms with Crippen LogP contribution in [0.2, 0.25) is 0 Å². The summed E-state index contributed by atoms with van der Waals surface area (Å²) in [6, 6.07) is 0.0290. The first-order valence-electron chi connectivity index (χ1n) is 8.39. The largest absolute Gasteiger partial charge is 0.356 e. The summed E-state index contributed by atoms with van der Waals surface area (Å²) in [4.78, 5) is 10.9. The fourth-order valence-corrected chi connectivity index (χ4v) is 4.95. The van der Waals surface area contributed by atoms with Crippen molar-refractivity contribution in [1.82, 2.24) is 24.3 Å². The maximum absolute atomic E-state index is 12.1. The molecule has 130 valence electrons. The number of aryl methyl sites for hydroxylation is 1. The molecule has 0 amide bonds. The zero-order valence-corrected chi connectivity index (χ0v) is 14.8. The maximum Gasteiger partial charge on any atom is 0.254 e. The Kier molecular flexibility index (Phi) is 3.72. The molecule has 2 aliphatic rings. The summed E-state index contributed by atoms with van der Waals surface area (Å²) in [6.45, 7) is 5.60. The summed E-state index contributed by atoms with van der Waals surface area (Å²) in [6.07, 6.45) is 4.70. The van der Waals surface area contributed by atoms with Crippen molar-refractivity contribution in [2.24, 2.45) is 0 Å². The molecule has 0 unspecified atom stereocenters. The van der Waals surface area contributed by atoms with Crippen LogP contribution in [0, 0.1) is 13.8 Å². The minimum atomic E-state index is -3.12. The van der Waals surface area contributed by atoms with Crippen molar-refractivity contribution in [3.63, 3.8) is 0 Å².